The average Bonchev–Trinajstić information content (AvgIpc) is 2.86. The summed E-state index contributed by atoms with van der Waals surface area (Å²) >= 11 is 1.75. The van der Waals surface area contributed by atoms with Crippen LogP contribution in [0.25, 0.3) is 0 Å². The lowest BCUT2D eigenvalue weighted by molar-refractivity contribution is 0.0950. The standard InChI is InChI=1S/C14H18N4OS/c1-4-15-14(19)11-6-8-13(18-17-11)16-10(3)12-7-5-9(2)20-12/h5-8,10H,4H2,1-3H3,(H,15,19)(H,16,18). The van der Waals surface area contributed by atoms with Gasteiger partial charge < -0.3 is 10.6 Å². The predicted molar refractivity (Wildman–Crippen MR) is 81.1 cm³/mol. The number of thiophene rings is 1. The normalized spacial score (nSPS) is 11.9. The maximum Gasteiger partial charge on any atom is 0.271 e. The van der Waals surface area contributed by atoms with Gasteiger partial charge >= 0.3 is 0 Å². The zero-order valence-corrected chi connectivity index (χ0v) is 12.6. The monoisotopic (exact) mass is 290 g/mol. The first-order valence-electron chi connectivity index (χ1n) is 6.55. The van der Waals surface area contributed by atoms with Gasteiger partial charge in [-0.3, -0.25) is 4.79 Å². The fraction of sp³-hybridized carbons (Fsp3) is 0.357. The van der Waals surface area contributed by atoms with Crippen LogP contribution in [-0.4, -0.2) is 22.6 Å². The Kier molecular flexibility index (Phi) is 4.68. The highest BCUT2D eigenvalue weighted by Gasteiger charge is 2.10. The highest BCUT2D eigenvalue weighted by Crippen LogP contribution is 2.24. The molecule has 0 spiro atoms. The first-order chi connectivity index (χ1) is 9.60. The summed E-state index contributed by atoms with van der Waals surface area (Å²) < 4.78 is 0. The van der Waals surface area contributed by atoms with Gasteiger partial charge in [0.15, 0.2) is 5.69 Å². The summed E-state index contributed by atoms with van der Waals surface area (Å²) in [6.45, 7) is 6.60. The van der Waals surface area contributed by atoms with Crippen molar-refractivity contribution in [2.75, 3.05) is 11.9 Å². The minimum atomic E-state index is -0.200. The van der Waals surface area contributed by atoms with E-state index in [9.17, 15) is 4.79 Å². The Morgan fingerprint density at radius 3 is 2.65 bits per heavy atom. The topological polar surface area (TPSA) is 66.9 Å². The molecule has 0 saturated carbocycles. The van der Waals surface area contributed by atoms with Crippen LogP contribution in [0.4, 0.5) is 5.82 Å². The van der Waals surface area contributed by atoms with Crippen molar-refractivity contribution in [2.45, 2.75) is 26.8 Å². The number of carbonyl (C=O) groups excluding carboxylic acids is 1. The summed E-state index contributed by atoms with van der Waals surface area (Å²) in [5, 5.41) is 13.9. The third-order valence-electron chi connectivity index (χ3n) is 2.79. The van der Waals surface area contributed by atoms with Crippen LogP contribution in [0.3, 0.4) is 0 Å². The Balaban J connectivity index is 2.01. The molecule has 6 heteroatoms. The summed E-state index contributed by atoms with van der Waals surface area (Å²) in [5.74, 6) is 0.463. The molecule has 5 nitrogen and oxygen atoms in total. The molecule has 2 N–H and O–H groups in total. The fourth-order valence-electron chi connectivity index (χ4n) is 1.76. The van der Waals surface area contributed by atoms with Crippen LogP contribution in [0.2, 0.25) is 0 Å². The Hall–Kier alpha value is -1.95. The van der Waals surface area contributed by atoms with Crippen LogP contribution in [0.5, 0.6) is 0 Å². The summed E-state index contributed by atoms with van der Waals surface area (Å²) in [5.41, 5.74) is 0.331. The molecular formula is C14H18N4OS. The first kappa shape index (κ1) is 14.5. The molecule has 2 rings (SSSR count). The third kappa shape index (κ3) is 3.54. The molecule has 0 aromatic carbocycles. The van der Waals surface area contributed by atoms with Gasteiger partial charge in [-0.25, -0.2) is 0 Å². The molecule has 2 heterocycles. The zero-order valence-electron chi connectivity index (χ0n) is 11.8. The molecule has 0 aliphatic heterocycles. The number of nitrogens with one attached hydrogen (secondary N) is 2. The molecule has 1 unspecified atom stereocenters. The second-order valence-corrected chi connectivity index (χ2v) is 5.80. The second kappa shape index (κ2) is 6.47. The number of amides is 1. The SMILES string of the molecule is CCNC(=O)c1ccc(NC(C)c2ccc(C)s2)nn1. The van der Waals surface area contributed by atoms with E-state index < -0.39 is 0 Å². The van der Waals surface area contributed by atoms with Crippen LogP contribution in [0, 0.1) is 6.92 Å². The maximum atomic E-state index is 11.6. The molecule has 2 aromatic rings. The number of anilines is 1. The van der Waals surface area contributed by atoms with Gasteiger partial charge in [0.2, 0.25) is 0 Å². The van der Waals surface area contributed by atoms with Crippen molar-refractivity contribution >= 4 is 23.1 Å². The smallest absolute Gasteiger partial charge is 0.271 e. The minimum Gasteiger partial charge on any atom is -0.361 e. The molecule has 0 aliphatic rings. The van der Waals surface area contributed by atoms with E-state index in [4.69, 9.17) is 0 Å². The maximum absolute atomic E-state index is 11.6. The lowest BCUT2D eigenvalue weighted by atomic mass is 10.2. The number of nitrogens with zero attached hydrogens (tertiary/aromatic N) is 2. The van der Waals surface area contributed by atoms with E-state index >= 15 is 0 Å². The second-order valence-electron chi connectivity index (χ2n) is 4.48. The van der Waals surface area contributed by atoms with Crippen molar-refractivity contribution in [3.8, 4) is 0 Å². The van der Waals surface area contributed by atoms with E-state index in [1.54, 1.807) is 23.5 Å². The number of aryl methyl sites for hydroxylation is 1. The number of carbonyl (C=O) groups is 1. The van der Waals surface area contributed by atoms with E-state index in [1.165, 1.54) is 9.75 Å². The van der Waals surface area contributed by atoms with E-state index in [-0.39, 0.29) is 11.9 Å². The van der Waals surface area contributed by atoms with Crippen LogP contribution < -0.4 is 10.6 Å². The van der Waals surface area contributed by atoms with Gasteiger partial charge in [-0.05, 0) is 45.0 Å². The molecule has 0 saturated heterocycles. The largest absolute Gasteiger partial charge is 0.361 e. The molecule has 0 bridgehead atoms. The first-order valence-corrected chi connectivity index (χ1v) is 7.36. The van der Waals surface area contributed by atoms with Gasteiger partial charge in [-0.15, -0.1) is 21.5 Å². The molecular weight excluding hydrogens is 272 g/mol. The van der Waals surface area contributed by atoms with Gasteiger partial charge in [0.05, 0.1) is 6.04 Å². The number of hydrogen-bond donors (Lipinski definition) is 2. The Morgan fingerprint density at radius 2 is 2.10 bits per heavy atom. The van der Waals surface area contributed by atoms with Gasteiger partial charge in [0, 0.05) is 16.3 Å². The van der Waals surface area contributed by atoms with Crippen molar-refractivity contribution in [2.24, 2.45) is 0 Å². The molecule has 1 atom stereocenters. The summed E-state index contributed by atoms with van der Waals surface area (Å²) in [7, 11) is 0. The lowest BCUT2D eigenvalue weighted by Crippen LogP contribution is -2.24. The average molecular weight is 290 g/mol. The fourth-order valence-corrected chi connectivity index (χ4v) is 2.64. The number of hydrogen-bond acceptors (Lipinski definition) is 5. The summed E-state index contributed by atoms with van der Waals surface area (Å²) in [6.07, 6.45) is 0. The predicted octanol–water partition coefficient (Wildman–Crippen LogP) is 2.77. The minimum absolute atomic E-state index is 0.165. The number of rotatable bonds is 5. The lowest BCUT2D eigenvalue weighted by Gasteiger charge is -2.12. The van der Waals surface area contributed by atoms with Crippen LogP contribution in [0.15, 0.2) is 24.3 Å². The summed E-state index contributed by atoms with van der Waals surface area (Å²) in [4.78, 5) is 14.1. The van der Waals surface area contributed by atoms with Crippen molar-refractivity contribution < 1.29 is 4.79 Å². The van der Waals surface area contributed by atoms with Gasteiger partial charge in [-0.1, -0.05) is 0 Å². The highest BCUT2D eigenvalue weighted by molar-refractivity contribution is 7.12. The van der Waals surface area contributed by atoms with Crippen molar-refractivity contribution in [3.05, 3.63) is 39.7 Å². The Bertz CT molecular complexity index is 579. The molecule has 0 aliphatic carbocycles. The van der Waals surface area contributed by atoms with Crippen molar-refractivity contribution in [1.29, 1.82) is 0 Å². The third-order valence-corrected chi connectivity index (χ3v) is 3.97. The van der Waals surface area contributed by atoms with E-state index in [0.29, 0.717) is 18.1 Å². The molecule has 2 aromatic heterocycles. The molecule has 0 radical (unpaired) electrons. The number of aromatic nitrogens is 2. The van der Waals surface area contributed by atoms with Crippen LogP contribution in [-0.2, 0) is 0 Å². The summed E-state index contributed by atoms with van der Waals surface area (Å²) in [6, 6.07) is 7.82. The van der Waals surface area contributed by atoms with Gasteiger partial charge in [-0.2, -0.15) is 0 Å². The van der Waals surface area contributed by atoms with E-state index in [0.717, 1.165) is 0 Å². The Morgan fingerprint density at radius 1 is 1.30 bits per heavy atom. The molecule has 106 valence electrons. The van der Waals surface area contributed by atoms with E-state index in [2.05, 4.69) is 46.8 Å². The highest BCUT2D eigenvalue weighted by atomic mass is 32.1. The molecule has 20 heavy (non-hydrogen) atoms. The van der Waals surface area contributed by atoms with Gasteiger partial charge in [0.1, 0.15) is 5.82 Å². The van der Waals surface area contributed by atoms with Gasteiger partial charge in [0.25, 0.3) is 5.91 Å². The molecule has 1 amide bonds. The Labute approximate surface area is 122 Å². The van der Waals surface area contributed by atoms with Crippen LogP contribution >= 0.6 is 11.3 Å². The quantitative estimate of drug-likeness (QED) is 0.888. The molecule has 0 fully saturated rings. The van der Waals surface area contributed by atoms with E-state index in [1.807, 2.05) is 6.92 Å². The van der Waals surface area contributed by atoms with Crippen LogP contribution in [0.1, 0.15) is 40.1 Å². The van der Waals surface area contributed by atoms with Crippen molar-refractivity contribution in [3.63, 3.8) is 0 Å². The zero-order chi connectivity index (χ0) is 14.5. The van der Waals surface area contributed by atoms with Crippen molar-refractivity contribution in [1.82, 2.24) is 15.5 Å².